The van der Waals surface area contributed by atoms with E-state index in [-0.39, 0.29) is 16.0 Å². The van der Waals surface area contributed by atoms with Crippen molar-refractivity contribution in [2.24, 2.45) is 0 Å². The van der Waals surface area contributed by atoms with Crippen LogP contribution in [0.4, 0.5) is 0 Å². The summed E-state index contributed by atoms with van der Waals surface area (Å²) in [5.74, 6) is 0. The SMILES string of the molecule is O=S1(=O)[C@H]2CCCCC[C@@]2(N2CCOCC2)[C@@H]1c1ccccc1. The Labute approximate surface area is 138 Å². The van der Waals surface area contributed by atoms with E-state index in [0.29, 0.717) is 0 Å². The fourth-order valence-electron chi connectivity index (χ4n) is 5.06. The van der Waals surface area contributed by atoms with E-state index in [2.05, 4.69) is 4.90 Å². The highest BCUT2D eigenvalue weighted by Gasteiger charge is 2.68. The first-order valence-electron chi connectivity index (χ1n) is 8.78. The summed E-state index contributed by atoms with van der Waals surface area (Å²) in [6.45, 7) is 3.15. The van der Waals surface area contributed by atoms with Crippen LogP contribution >= 0.6 is 0 Å². The number of rotatable bonds is 2. The van der Waals surface area contributed by atoms with Gasteiger partial charge in [0, 0.05) is 13.1 Å². The summed E-state index contributed by atoms with van der Waals surface area (Å²) in [7, 11) is -3.09. The van der Waals surface area contributed by atoms with Gasteiger partial charge in [0.1, 0.15) is 5.25 Å². The van der Waals surface area contributed by atoms with Gasteiger partial charge in [-0.05, 0) is 18.4 Å². The lowest BCUT2D eigenvalue weighted by atomic mass is 9.79. The highest BCUT2D eigenvalue weighted by Crippen LogP contribution is 2.59. The Kier molecular flexibility index (Phi) is 3.98. The molecule has 23 heavy (non-hydrogen) atoms. The molecule has 5 heteroatoms. The predicted molar refractivity (Wildman–Crippen MR) is 90.1 cm³/mol. The van der Waals surface area contributed by atoms with E-state index in [0.717, 1.165) is 64.0 Å². The minimum Gasteiger partial charge on any atom is -0.379 e. The lowest BCUT2D eigenvalue weighted by Crippen LogP contribution is -2.73. The number of fused-ring (bicyclic) bond motifs is 1. The van der Waals surface area contributed by atoms with E-state index in [1.165, 1.54) is 0 Å². The molecule has 0 unspecified atom stereocenters. The zero-order chi connectivity index (χ0) is 15.9. The van der Waals surface area contributed by atoms with Crippen LogP contribution in [0.2, 0.25) is 0 Å². The molecule has 0 radical (unpaired) electrons. The molecule has 1 saturated carbocycles. The van der Waals surface area contributed by atoms with Crippen LogP contribution in [0.1, 0.15) is 42.9 Å². The molecule has 0 bridgehead atoms. The predicted octanol–water partition coefficient (Wildman–Crippen LogP) is 2.56. The average Bonchev–Trinajstić information content (AvgIpc) is 2.78. The molecule has 2 aliphatic heterocycles. The monoisotopic (exact) mass is 335 g/mol. The van der Waals surface area contributed by atoms with Crippen molar-refractivity contribution in [3.63, 3.8) is 0 Å². The number of hydrogen-bond donors (Lipinski definition) is 0. The Balaban J connectivity index is 1.81. The Morgan fingerprint density at radius 1 is 1.04 bits per heavy atom. The molecule has 0 spiro atoms. The van der Waals surface area contributed by atoms with Crippen LogP contribution in [-0.2, 0) is 14.6 Å². The molecule has 2 saturated heterocycles. The first-order valence-corrected chi connectivity index (χ1v) is 10.4. The van der Waals surface area contributed by atoms with Crippen molar-refractivity contribution in [1.29, 1.82) is 0 Å². The maximum absolute atomic E-state index is 13.1. The van der Waals surface area contributed by atoms with E-state index in [1.807, 2.05) is 30.3 Å². The molecule has 3 atom stereocenters. The minimum absolute atomic E-state index is 0.194. The topological polar surface area (TPSA) is 46.6 Å². The van der Waals surface area contributed by atoms with Crippen LogP contribution in [0, 0.1) is 0 Å². The highest BCUT2D eigenvalue weighted by molar-refractivity contribution is 7.94. The van der Waals surface area contributed by atoms with E-state index in [1.54, 1.807) is 0 Å². The maximum Gasteiger partial charge on any atom is 0.163 e. The van der Waals surface area contributed by atoms with Gasteiger partial charge in [0.15, 0.2) is 9.84 Å². The third kappa shape index (κ3) is 2.28. The molecule has 0 N–H and O–H groups in total. The summed E-state index contributed by atoms with van der Waals surface area (Å²) in [5.41, 5.74) is 0.762. The Bertz CT molecular complexity index is 654. The third-order valence-electron chi connectivity index (χ3n) is 5.98. The second kappa shape index (κ2) is 5.87. The standard InChI is InChI=1S/C18H25NO3S/c20-23(21)16-9-5-2-6-10-18(16,19-11-13-22-14-12-19)17(23)15-7-3-1-4-8-15/h1,3-4,7-8,16-17H,2,5-6,9-14H2/t16-,17-,18-/m0/s1. The molecular weight excluding hydrogens is 310 g/mol. The molecule has 126 valence electrons. The summed E-state index contributed by atoms with van der Waals surface area (Å²) >= 11 is 0. The summed E-state index contributed by atoms with van der Waals surface area (Å²) < 4.78 is 31.8. The van der Waals surface area contributed by atoms with Crippen molar-refractivity contribution < 1.29 is 13.2 Å². The normalized spacial score (nSPS) is 37.4. The quantitative estimate of drug-likeness (QED) is 0.833. The molecule has 3 fully saturated rings. The molecule has 3 aliphatic rings. The van der Waals surface area contributed by atoms with Crippen LogP contribution in [0.15, 0.2) is 30.3 Å². The molecule has 0 amide bonds. The molecule has 0 aromatic heterocycles. The maximum atomic E-state index is 13.1. The molecule has 2 heterocycles. The lowest BCUT2D eigenvalue weighted by Gasteiger charge is -2.60. The third-order valence-corrected chi connectivity index (χ3v) is 8.76. The number of morpholine rings is 1. The van der Waals surface area contributed by atoms with Crippen molar-refractivity contribution in [2.45, 2.75) is 48.1 Å². The van der Waals surface area contributed by atoms with E-state index in [4.69, 9.17) is 4.74 Å². The van der Waals surface area contributed by atoms with Crippen molar-refractivity contribution >= 4 is 9.84 Å². The van der Waals surface area contributed by atoms with Crippen LogP contribution in [0.3, 0.4) is 0 Å². The number of ether oxygens (including phenoxy) is 1. The molecule has 1 aliphatic carbocycles. The van der Waals surface area contributed by atoms with Gasteiger partial charge in [-0.15, -0.1) is 0 Å². The van der Waals surface area contributed by atoms with Gasteiger partial charge in [0.2, 0.25) is 0 Å². The average molecular weight is 335 g/mol. The fraction of sp³-hybridized carbons (Fsp3) is 0.667. The van der Waals surface area contributed by atoms with Gasteiger partial charge in [-0.1, -0.05) is 49.6 Å². The molecular formula is C18H25NO3S. The van der Waals surface area contributed by atoms with E-state index >= 15 is 0 Å². The minimum atomic E-state index is -3.09. The molecule has 4 rings (SSSR count). The van der Waals surface area contributed by atoms with Crippen LogP contribution in [-0.4, -0.2) is 50.4 Å². The van der Waals surface area contributed by atoms with Gasteiger partial charge < -0.3 is 4.74 Å². The summed E-state index contributed by atoms with van der Waals surface area (Å²) in [6, 6.07) is 9.86. The molecule has 1 aromatic rings. The zero-order valence-corrected chi connectivity index (χ0v) is 14.3. The molecule has 4 nitrogen and oxygen atoms in total. The number of benzene rings is 1. The summed E-state index contributed by atoms with van der Waals surface area (Å²) in [5, 5.41) is -0.557. The van der Waals surface area contributed by atoms with Crippen molar-refractivity contribution in [2.75, 3.05) is 26.3 Å². The van der Waals surface area contributed by atoms with Gasteiger partial charge >= 0.3 is 0 Å². The number of sulfone groups is 1. The highest BCUT2D eigenvalue weighted by atomic mass is 32.2. The van der Waals surface area contributed by atoms with E-state index < -0.39 is 9.84 Å². The van der Waals surface area contributed by atoms with Gasteiger partial charge in [0.25, 0.3) is 0 Å². The van der Waals surface area contributed by atoms with Crippen LogP contribution in [0.25, 0.3) is 0 Å². The largest absolute Gasteiger partial charge is 0.379 e. The van der Waals surface area contributed by atoms with Crippen LogP contribution in [0.5, 0.6) is 0 Å². The zero-order valence-electron chi connectivity index (χ0n) is 13.5. The lowest BCUT2D eigenvalue weighted by molar-refractivity contribution is -0.0392. The number of hydrogen-bond acceptors (Lipinski definition) is 4. The Hall–Kier alpha value is -0.910. The van der Waals surface area contributed by atoms with Crippen molar-refractivity contribution in [1.82, 2.24) is 4.90 Å². The van der Waals surface area contributed by atoms with Crippen molar-refractivity contribution in [3.8, 4) is 0 Å². The van der Waals surface area contributed by atoms with Gasteiger partial charge in [0.05, 0.1) is 24.0 Å². The summed E-state index contributed by atoms with van der Waals surface area (Å²) in [4.78, 5) is 2.45. The van der Waals surface area contributed by atoms with Gasteiger partial charge in [-0.2, -0.15) is 0 Å². The van der Waals surface area contributed by atoms with Gasteiger partial charge in [-0.3, -0.25) is 4.90 Å². The van der Waals surface area contributed by atoms with Crippen molar-refractivity contribution in [3.05, 3.63) is 35.9 Å². The second-order valence-electron chi connectivity index (χ2n) is 7.06. The smallest absolute Gasteiger partial charge is 0.163 e. The first-order chi connectivity index (χ1) is 11.2. The Morgan fingerprint density at radius 2 is 1.78 bits per heavy atom. The molecule has 1 aromatic carbocycles. The Morgan fingerprint density at radius 3 is 2.52 bits per heavy atom. The number of nitrogens with zero attached hydrogens (tertiary/aromatic N) is 1. The first kappa shape index (κ1) is 15.6. The van der Waals surface area contributed by atoms with E-state index in [9.17, 15) is 8.42 Å². The van der Waals surface area contributed by atoms with Gasteiger partial charge in [-0.25, -0.2) is 8.42 Å². The van der Waals surface area contributed by atoms with Crippen LogP contribution < -0.4 is 0 Å². The summed E-state index contributed by atoms with van der Waals surface area (Å²) in [6.07, 6.45) is 5.14. The fourth-order valence-corrected chi connectivity index (χ4v) is 8.17. The second-order valence-corrected chi connectivity index (χ2v) is 9.28.